The van der Waals surface area contributed by atoms with Gasteiger partial charge < -0.3 is 9.47 Å². The van der Waals surface area contributed by atoms with E-state index >= 15 is 0 Å². The summed E-state index contributed by atoms with van der Waals surface area (Å²) in [6.07, 6.45) is 2.56. The van der Waals surface area contributed by atoms with Crippen LogP contribution in [0.2, 0.25) is 0 Å². The van der Waals surface area contributed by atoms with Crippen LogP contribution >= 0.6 is 11.3 Å². The molecule has 1 amide bonds. The monoisotopic (exact) mass is 328 g/mol. The zero-order valence-electron chi connectivity index (χ0n) is 13.8. The summed E-state index contributed by atoms with van der Waals surface area (Å²) in [7, 11) is 0. The molecular weight excluding hydrogens is 304 g/mol. The molecule has 0 radical (unpaired) electrons. The quantitative estimate of drug-likeness (QED) is 0.763. The van der Waals surface area contributed by atoms with Gasteiger partial charge in [0.25, 0.3) is 0 Å². The van der Waals surface area contributed by atoms with Crippen molar-refractivity contribution in [3.8, 4) is 0 Å². The highest BCUT2D eigenvalue weighted by atomic mass is 32.1. The van der Waals surface area contributed by atoms with E-state index in [2.05, 4.69) is 24.1 Å². The van der Waals surface area contributed by atoms with Crippen molar-refractivity contribution >= 4 is 28.5 Å². The van der Waals surface area contributed by atoms with Crippen LogP contribution in [0.15, 0.2) is 6.20 Å². The number of anilines is 1. The third-order valence-electron chi connectivity index (χ3n) is 2.88. The second kappa shape index (κ2) is 8.12. The van der Waals surface area contributed by atoms with Gasteiger partial charge in [-0.05, 0) is 39.5 Å². The first-order chi connectivity index (χ1) is 10.2. The number of ether oxygens (including phenoxy) is 2. The Morgan fingerprint density at radius 2 is 2.09 bits per heavy atom. The van der Waals surface area contributed by atoms with Crippen molar-refractivity contribution < 1.29 is 19.1 Å². The second-order valence-corrected chi connectivity index (χ2v) is 6.99. The molecular formula is C15H24N2O4S. The molecule has 0 spiro atoms. The molecule has 1 aromatic rings. The number of hydrogen-bond acceptors (Lipinski definition) is 6. The SMILES string of the molecule is CCOC(=O)c1cnc(NC(=O)OC(C)(C)CCC(C)C)s1. The number of esters is 1. The van der Waals surface area contributed by atoms with Crippen LogP contribution in [0.3, 0.4) is 0 Å². The van der Waals surface area contributed by atoms with Crippen molar-refractivity contribution in [2.75, 3.05) is 11.9 Å². The molecule has 0 aliphatic heterocycles. The van der Waals surface area contributed by atoms with Crippen LogP contribution in [0, 0.1) is 5.92 Å². The van der Waals surface area contributed by atoms with Gasteiger partial charge >= 0.3 is 12.1 Å². The fourth-order valence-corrected chi connectivity index (χ4v) is 2.38. The lowest BCUT2D eigenvalue weighted by atomic mass is 9.97. The fraction of sp³-hybridized carbons (Fsp3) is 0.667. The number of nitrogens with zero attached hydrogens (tertiary/aromatic N) is 1. The van der Waals surface area contributed by atoms with Crippen LogP contribution in [0.5, 0.6) is 0 Å². The average molecular weight is 328 g/mol. The summed E-state index contributed by atoms with van der Waals surface area (Å²) < 4.78 is 10.3. The van der Waals surface area contributed by atoms with E-state index < -0.39 is 17.7 Å². The smallest absolute Gasteiger partial charge is 0.413 e. The molecule has 1 N–H and O–H groups in total. The summed E-state index contributed by atoms with van der Waals surface area (Å²) in [5.41, 5.74) is -0.546. The van der Waals surface area contributed by atoms with Crippen LogP contribution in [0.25, 0.3) is 0 Å². The van der Waals surface area contributed by atoms with Crippen molar-refractivity contribution in [1.29, 1.82) is 0 Å². The van der Waals surface area contributed by atoms with Gasteiger partial charge in [-0.25, -0.2) is 14.6 Å². The Labute approximate surface area is 135 Å². The van der Waals surface area contributed by atoms with Crippen molar-refractivity contribution in [3.05, 3.63) is 11.1 Å². The minimum absolute atomic E-state index is 0.297. The maximum atomic E-state index is 11.9. The topological polar surface area (TPSA) is 77.5 Å². The van der Waals surface area contributed by atoms with E-state index in [0.29, 0.717) is 22.5 Å². The lowest BCUT2D eigenvalue weighted by Gasteiger charge is -2.25. The molecule has 0 unspecified atom stereocenters. The lowest BCUT2D eigenvalue weighted by Crippen LogP contribution is -2.31. The molecule has 0 saturated heterocycles. The van der Waals surface area contributed by atoms with E-state index in [1.165, 1.54) is 6.20 Å². The van der Waals surface area contributed by atoms with Crippen LogP contribution < -0.4 is 5.32 Å². The van der Waals surface area contributed by atoms with Gasteiger partial charge in [-0.2, -0.15) is 0 Å². The van der Waals surface area contributed by atoms with Gasteiger partial charge in [-0.1, -0.05) is 25.2 Å². The number of hydrogen-bond donors (Lipinski definition) is 1. The molecule has 6 nitrogen and oxygen atoms in total. The predicted octanol–water partition coefficient (Wildman–Crippen LogP) is 4.08. The molecule has 1 rings (SSSR count). The first-order valence-corrected chi connectivity index (χ1v) is 8.18. The highest BCUT2D eigenvalue weighted by Crippen LogP contribution is 2.23. The number of amides is 1. The first kappa shape index (κ1) is 18.4. The molecule has 1 heterocycles. The highest BCUT2D eigenvalue weighted by molar-refractivity contribution is 7.17. The van der Waals surface area contributed by atoms with E-state index in [1.807, 2.05) is 13.8 Å². The van der Waals surface area contributed by atoms with E-state index in [-0.39, 0.29) is 0 Å². The summed E-state index contributed by atoms with van der Waals surface area (Å²) in [6, 6.07) is 0. The largest absolute Gasteiger partial charge is 0.462 e. The molecule has 22 heavy (non-hydrogen) atoms. The fourth-order valence-electron chi connectivity index (χ4n) is 1.68. The van der Waals surface area contributed by atoms with Gasteiger partial charge in [0.1, 0.15) is 10.5 Å². The number of rotatable bonds is 7. The van der Waals surface area contributed by atoms with Crippen LogP contribution in [-0.2, 0) is 9.47 Å². The Hall–Kier alpha value is -1.63. The molecule has 0 bridgehead atoms. The standard InChI is InChI=1S/C15H24N2O4S/c1-6-20-12(18)11-9-16-13(22-11)17-14(19)21-15(4,5)8-7-10(2)3/h9-10H,6-8H2,1-5H3,(H,16,17,19). The molecule has 0 aliphatic rings. The summed E-state index contributed by atoms with van der Waals surface area (Å²) in [5.74, 6) is 0.107. The van der Waals surface area contributed by atoms with Gasteiger partial charge in [0.2, 0.25) is 0 Å². The molecule has 1 aromatic heterocycles. The highest BCUT2D eigenvalue weighted by Gasteiger charge is 2.24. The number of thiazole rings is 1. The Morgan fingerprint density at radius 1 is 1.41 bits per heavy atom. The summed E-state index contributed by atoms with van der Waals surface area (Å²) >= 11 is 1.06. The van der Waals surface area contributed by atoms with Gasteiger partial charge in [0.05, 0.1) is 12.8 Å². The maximum absolute atomic E-state index is 11.9. The second-order valence-electron chi connectivity index (χ2n) is 5.96. The molecule has 0 saturated carbocycles. The Morgan fingerprint density at radius 3 is 2.68 bits per heavy atom. The molecule has 0 atom stereocenters. The molecule has 7 heteroatoms. The first-order valence-electron chi connectivity index (χ1n) is 7.36. The minimum Gasteiger partial charge on any atom is -0.462 e. The van der Waals surface area contributed by atoms with E-state index in [9.17, 15) is 9.59 Å². The van der Waals surface area contributed by atoms with Crippen molar-refractivity contribution in [2.45, 2.75) is 53.1 Å². The van der Waals surface area contributed by atoms with Crippen molar-refractivity contribution in [1.82, 2.24) is 4.98 Å². The summed E-state index contributed by atoms with van der Waals surface area (Å²) in [5, 5.41) is 2.85. The Kier molecular flexibility index (Phi) is 6.80. The Balaban J connectivity index is 2.53. The number of carbonyl (C=O) groups excluding carboxylic acids is 2. The minimum atomic E-state index is -0.571. The Bertz CT molecular complexity index is 511. The lowest BCUT2D eigenvalue weighted by molar-refractivity contribution is 0.0383. The van der Waals surface area contributed by atoms with Gasteiger partial charge in [0, 0.05) is 0 Å². The molecule has 0 aromatic carbocycles. The number of aromatic nitrogens is 1. The summed E-state index contributed by atoms with van der Waals surface area (Å²) in [4.78, 5) is 27.7. The molecule has 0 aliphatic carbocycles. The van der Waals surface area contributed by atoms with Gasteiger partial charge in [-0.3, -0.25) is 5.32 Å². The maximum Gasteiger partial charge on any atom is 0.413 e. The molecule has 124 valence electrons. The third-order valence-corrected chi connectivity index (χ3v) is 3.78. The van der Waals surface area contributed by atoms with Crippen LogP contribution in [0.1, 0.15) is 57.1 Å². The zero-order chi connectivity index (χ0) is 16.8. The van der Waals surface area contributed by atoms with Crippen molar-refractivity contribution in [3.63, 3.8) is 0 Å². The van der Waals surface area contributed by atoms with Crippen LogP contribution in [-0.4, -0.2) is 29.3 Å². The zero-order valence-corrected chi connectivity index (χ0v) is 14.6. The van der Waals surface area contributed by atoms with E-state index in [1.54, 1.807) is 6.92 Å². The molecule has 0 fully saturated rings. The van der Waals surface area contributed by atoms with Crippen LogP contribution in [0.4, 0.5) is 9.93 Å². The number of nitrogens with one attached hydrogen (secondary N) is 1. The van der Waals surface area contributed by atoms with E-state index in [4.69, 9.17) is 9.47 Å². The van der Waals surface area contributed by atoms with Gasteiger partial charge in [-0.15, -0.1) is 0 Å². The van der Waals surface area contributed by atoms with Gasteiger partial charge in [0.15, 0.2) is 5.13 Å². The normalized spacial score (nSPS) is 11.4. The third kappa shape index (κ3) is 6.43. The summed E-state index contributed by atoms with van der Waals surface area (Å²) in [6.45, 7) is 10.0. The average Bonchev–Trinajstić information content (AvgIpc) is 2.84. The van der Waals surface area contributed by atoms with Crippen molar-refractivity contribution in [2.24, 2.45) is 5.92 Å². The van der Waals surface area contributed by atoms with E-state index in [0.717, 1.165) is 24.2 Å². The predicted molar refractivity (Wildman–Crippen MR) is 86.3 cm³/mol. The number of carbonyl (C=O) groups is 2.